The lowest BCUT2D eigenvalue weighted by molar-refractivity contribution is -0.118. The molecule has 28 heavy (non-hydrogen) atoms. The lowest BCUT2D eigenvalue weighted by Crippen LogP contribution is -2.46. The number of anilines is 3. The summed E-state index contributed by atoms with van der Waals surface area (Å²) in [5, 5.41) is 2.93. The highest BCUT2D eigenvalue weighted by Crippen LogP contribution is 2.22. The van der Waals surface area contributed by atoms with Gasteiger partial charge >= 0.3 is 0 Å². The molecule has 0 spiro atoms. The molecular weight excluding hydrogens is 354 g/mol. The Morgan fingerprint density at radius 3 is 2.21 bits per heavy atom. The zero-order valence-electron chi connectivity index (χ0n) is 15.9. The molecule has 1 aromatic carbocycles. The number of pyridine rings is 1. The molecule has 2 amide bonds. The van der Waals surface area contributed by atoms with Crippen molar-refractivity contribution in [3.63, 3.8) is 0 Å². The lowest BCUT2D eigenvalue weighted by Gasteiger charge is -2.33. The van der Waals surface area contributed by atoms with Crippen LogP contribution in [0.3, 0.4) is 0 Å². The standard InChI is InChI=1S/C21H25N5O2/c27-16-24-11-13-26(14-12-24)20-8-3-17(15-22-20)21(28)23-18-4-6-19(7-5-18)25-9-1-2-10-25/h3-8,15-16H,1-2,9-14H2,(H,23,28). The number of nitrogens with zero attached hydrogens (tertiary/aromatic N) is 4. The number of hydrogen-bond acceptors (Lipinski definition) is 5. The summed E-state index contributed by atoms with van der Waals surface area (Å²) in [4.78, 5) is 34.0. The summed E-state index contributed by atoms with van der Waals surface area (Å²) in [7, 11) is 0. The quantitative estimate of drug-likeness (QED) is 0.807. The molecule has 2 fully saturated rings. The van der Waals surface area contributed by atoms with Crippen LogP contribution in [0, 0.1) is 0 Å². The van der Waals surface area contributed by atoms with Gasteiger partial charge in [0, 0.05) is 56.8 Å². The molecule has 0 radical (unpaired) electrons. The predicted octanol–water partition coefficient (Wildman–Crippen LogP) is 2.21. The van der Waals surface area contributed by atoms with Crippen molar-refractivity contribution in [1.29, 1.82) is 0 Å². The molecule has 0 aliphatic carbocycles. The van der Waals surface area contributed by atoms with Crippen LogP contribution in [0.5, 0.6) is 0 Å². The van der Waals surface area contributed by atoms with E-state index in [9.17, 15) is 9.59 Å². The van der Waals surface area contributed by atoms with E-state index in [0.29, 0.717) is 18.7 Å². The summed E-state index contributed by atoms with van der Waals surface area (Å²) in [6, 6.07) is 11.7. The van der Waals surface area contributed by atoms with E-state index >= 15 is 0 Å². The number of benzene rings is 1. The minimum atomic E-state index is -0.168. The third-order valence-electron chi connectivity index (χ3n) is 5.39. The maximum Gasteiger partial charge on any atom is 0.257 e. The highest BCUT2D eigenvalue weighted by Gasteiger charge is 2.17. The maximum absolute atomic E-state index is 12.5. The fraction of sp³-hybridized carbons (Fsp3) is 0.381. The van der Waals surface area contributed by atoms with Gasteiger partial charge in [0.05, 0.1) is 5.56 Å². The summed E-state index contributed by atoms with van der Waals surface area (Å²) in [6.45, 7) is 5.10. The van der Waals surface area contributed by atoms with E-state index in [0.717, 1.165) is 44.1 Å². The van der Waals surface area contributed by atoms with Crippen LogP contribution in [0.1, 0.15) is 23.2 Å². The van der Waals surface area contributed by atoms with Gasteiger partial charge in [0.25, 0.3) is 5.91 Å². The van der Waals surface area contributed by atoms with Crippen molar-refractivity contribution in [2.45, 2.75) is 12.8 Å². The molecule has 1 aromatic heterocycles. The van der Waals surface area contributed by atoms with Gasteiger partial charge in [0.15, 0.2) is 0 Å². The number of nitrogens with one attached hydrogen (secondary N) is 1. The fourth-order valence-corrected chi connectivity index (χ4v) is 3.70. The average Bonchev–Trinajstić information content (AvgIpc) is 3.29. The third kappa shape index (κ3) is 4.08. The van der Waals surface area contributed by atoms with Gasteiger partial charge in [0.2, 0.25) is 6.41 Å². The molecule has 0 saturated carbocycles. The Labute approximate surface area is 164 Å². The molecule has 7 nitrogen and oxygen atoms in total. The molecular formula is C21H25N5O2. The van der Waals surface area contributed by atoms with Crippen LogP contribution in [0.4, 0.5) is 17.2 Å². The molecule has 0 bridgehead atoms. The van der Waals surface area contributed by atoms with Gasteiger partial charge in [-0.2, -0.15) is 0 Å². The van der Waals surface area contributed by atoms with Gasteiger partial charge in [-0.25, -0.2) is 4.98 Å². The van der Waals surface area contributed by atoms with Crippen molar-refractivity contribution >= 4 is 29.5 Å². The third-order valence-corrected chi connectivity index (χ3v) is 5.39. The topological polar surface area (TPSA) is 68.8 Å². The number of piperazine rings is 1. The van der Waals surface area contributed by atoms with Gasteiger partial charge < -0.3 is 20.0 Å². The molecule has 2 aliphatic heterocycles. The first kappa shape index (κ1) is 18.3. The van der Waals surface area contributed by atoms with E-state index in [2.05, 4.69) is 32.2 Å². The monoisotopic (exact) mass is 379 g/mol. The Hall–Kier alpha value is -3.09. The van der Waals surface area contributed by atoms with Crippen molar-refractivity contribution in [2.75, 3.05) is 54.4 Å². The van der Waals surface area contributed by atoms with Crippen molar-refractivity contribution in [2.24, 2.45) is 0 Å². The molecule has 0 atom stereocenters. The number of hydrogen-bond donors (Lipinski definition) is 1. The zero-order chi connectivity index (χ0) is 19.3. The first-order chi connectivity index (χ1) is 13.7. The van der Waals surface area contributed by atoms with E-state index in [-0.39, 0.29) is 5.91 Å². The molecule has 2 aromatic rings. The summed E-state index contributed by atoms with van der Waals surface area (Å²) in [5.41, 5.74) is 2.51. The first-order valence-corrected chi connectivity index (χ1v) is 9.80. The van der Waals surface area contributed by atoms with Gasteiger partial charge in [-0.05, 0) is 49.2 Å². The number of amides is 2. The molecule has 3 heterocycles. The van der Waals surface area contributed by atoms with Crippen LogP contribution >= 0.6 is 0 Å². The van der Waals surface area contributed by atoms with Crippen molar-refractivity contribution < 1.29 is 9.59 Å². The minimum Gasteiger partial charge on any atom is -0.372 e. The van der Waals surface area contributed by atoms with Gasteiger partial charge in [-0.15, -0.1) is 0 Å². The Bertz CT molecular complexity index is 808. The Morgan fingerprint density at radius 2 is 1.61 bits per heavy atom. The van der Waals surface area contributed by atoms with Gasteiger partial charge in [0.1, 0.15) is 5.82 Å². The lowest BCUT2D eigenvalue weighted by atomic mass is 10.2. The molecule has 0 unspecified atom stereocenters. The molecule has 2 aliphatic rings. The molecule has 7 heteroatoms. The predicted molar refractivity (Wildman–Crippen MR) is 110 cm³/mol. The number of carbonyl (C=O) groups is 2. The second-order valence-electron chi connectivity index (χ2n) is 7.23. The van der Waals surface area contributed by atoms with E-state index in [1.165, 1.54) is 18.5 Å². The summed E-state index contributed by atoms with van der Waals surface area (Å²) in [5.74, 6) is 0.663. The van der Waals surface area contributed by atoms with Crippen LogP contribution in [0.2, 0.25) is 0 Å². The molecule has 2 saturated heterocycles. The molecule has 4 rings (SSSR count). The van der Waals surface area contributed by atoms with Crippen LogP contribution in [0.15, 0.2) is 42.6 Å². The summed E-state index contributed by atoms with van der Waals surface area (Å²) >= 11 is 0. The van der Waals surface area contributed by atoms with E-state index in [1.54, 1.807) is 17.2 Å². The fourth-order valence-electron chi connectivity index (χ4n) is 3.70. The number of rotatable bonds is 5. The van der Waals surface area contributed by atoms with Crippen LogP contribution in [0.25, 0.3) is 0 Å². The van der Waals surface area contributed by atoms with Gasteiger partial charge in [-0.1, -0.05) is 0 Å². The number of carbonyl (C=O) groups excluding carboxylic acids is 2. The Kier molecular flexibility index (Phi) is 5.41. The SMILES string of the molecule is O=CN1CCN(c2ccc(C(=O)Nc3ccc(N4CCCC4)cc3)cn2)CC1. The Balaban J connectivity index is 1.35. The van der Waals surface area contributed by atoms with Gasteiger partial charge in [-0.3, -0.25) is 9.59 Å². The smallest absolute Gasteiger partial charge is 0.257 e. The Morgan fingerprint density at radius 1 is 0.893 bits per heavy atom. The van der Waals surface area contributed by atoms with Crippen molar-refractivity contribution in [3.05, 3.63) is 48.2 Å². The van der Waals surface area contributed by atoms with E-state index < -0.39 is 0 Å². The zero-order valence-corrected chi connectivity index (χ0v) is 15.9. The molecule has 146 valence electrons. The maximum atomic E-state index is 12.5. The summed E-state index contributed by atoms with van der Waals surface area (Å²) < 4.78 is 0. The number of aromatic nitrogens is 1. The van der Waals surface area contributed by atoms with Crippen molar-refractivity contribution in [3.8, 4) is 0 Å². The minimum absolute atomic E-state index is 0.168. The highest BCUT2D eigenvalue weighted by molar-refractivity contribution is 6.04. The normalized spacial score (nSPS) is 16.9. The van der Waals surface area contributed by atoms with E-state index in [4.69, 9.17) is 0 Å². The van der Waals surface area contributed by atoms with Crippen molar-refractivity contribution in [1.82, 2.24) is 9.88 Å². The summed E-state index contributed by atoms with van der Waals surface area (Å²) in [6.07, 6.45) is 4.98. The second-order valence-corrected chi connectivity index (χ2v) is 7.23. The van der Waals surface area contributed by atoms with Crippen LogP contribution < -0.4 is 15.1 Å². The van der Waals surface area contributed by atoms with E-state index in [1.807, 2.05) is 18.2 Å². The first-order valence-electron chi connectivity index (χ1n) is 9.80. The molecule has 1 N–H and O–H groups in total. The van der Waals surface area contributed by atoms with Crippen LogP contribution in [-0.2, 0) is 4.79 Å². The highest BCUT2D eigenvalue weighted by atomic mass is 16.1. The second kappa shape index (κ2) is 8.29. The average molecular weight is 379 g/mol. The van der Waals surface area contributed by atoms with Crippen LogP contribution in [-0.4, -0.2) is 61.5 Å². The largest absolute Gasteiger partial charge is 0.372 e.